The Kier molecular flexibility index (Phi) is 6.56. The van der Waals surface area contributed by atoms with E-state index in [2.05, 4.69) is 22.0 Å². The van der Waals surface area contributed by atoms with Crippen molar-refractivity contribution in [1.29, 1.82) is 0 Å². The SMILES string of the molecule is COC(=O)c1cc(Cl)ccc1Nc1cccc2c1c(C(=O)c1ccccc1)cn2Cc1ccccc1. The van der Waals surface area contributed by atoms with Gasteiger partial charge in [-0.3, -0.25) is 4.79 Å². The molecule has 0 saturated carbocycles. The van der Waals surface area contributed by atoms with Crippen LogP contribution in [-0.4, -0.2) is 23.4 Å². The average molecular weight is 495 g/mol. The van der Waals surface area contributed by atoms with Crippen molar-refractivity contribution in [1.82, 2.24) is 4.57 Å². The van der Waals surface area contributed by atoms with Crippen LogP contribution in [0, 0.1) is 0 Å². The second-order valence-electron chi connectivity index (χ2n) is 8.36. The van der Waals surface area contributed by atoms with E-state index in [-0.39, 0.29) is 5.78 Å². The Morgan fingerprint density at radius 3 is 2.28 bits per heavy atom. The van der Waals surface area contributed by atoms with E-state index in [1.165, 1.54) is 7.11 Å². The molecule has 0 fully saturated rings. The zero-order chi connectivity index (χ0) is 25.1. The topological polar surface area (TPSA) is 60.3 Å². The molecule has 0 atom stereocenters. The van der Waals surface area contributed by atoms with Gasteiger partial charge in [0.25, 0.3) is 0 Å². The number of fused-ring (bicyclic) bond motifs is 1. The van der Waals surface area contributed by atoms with Crippen molar-refractivity contribution < 1.29 is 14.3 Å². The maximum Gasteiger partial charge on any atom is 0.340 e. The van der Waals surface area contributed by atoms with E-state index in [0.29, 0.717) is 39.6 Å². The van der Waals surface area contributed by atoms with Gasteiger partial charge in [-0.25, -0.2) is 4.79 Å². The quantitative estimate of drug-likeness (QED) is 0.193. The molecule has 4 aromatic carbocycles. The number of ether oxygens (including phenoxy) is 1. The molecule has 0 spiro atoms. The zero-order valence-corrected chi connectivity index (χ0v) is 20.3. The third kappa shape index (κ3) is 4.61. The van der Waals surface area contributed by atoms with Crippen molar-refractivity contribution in [3.05, 3.63) is 131 Å². The molecule has 0 saturated heterocycles. The first-order chi connectivity index (χ1) is 17.5. The van der Waals surface area contributed by atoms with Crippen LogP contribution in [0.15, 0.2) is 103 Å². The minimum absolute atomic E-state index is 0.0778. The third-order valence-corrected chi connectivity index (χ3v) is 6.27. The monoisotopic (exact) mass is 494 g/mol. The van der Waals surface area contributed by atoms with Crippen LogP contribution in [0.4, 0.5) is 11.4 Å². The summed E-state index contributed by atoms with van der Waals surface area (Å²) in [5.41, 5.74) is 4.74. The number of halogens is 1. The Hall–Kier alpha value is -4.35. The molecular formula is C30H23ClN2O3. The van der Waals surface area contributed by atoms with Crippen LogP contribution < -0.4 is 5.32 Å². The number of ketones is 1. The summed E-state index contributed by atoms with van der Waals surface area (Å²) in [4.78, 5) is 26.1. The summed E-state index contributed by atoms with van der Waals surface area (Å²) in [6, 6.07) is 30.1. The van der Waals surface area contributed by atoms with E-state index < -0.39 is 5.97 Å². The number of carbonyl (C=O) groups is 2. The third-order valence-electron chi connectivity index (χ3n) is 6.04. The van der Waals surface area contributed by atoms with Gasteiger partial charge in [0.15, 0.2) is 5.78 Å². The van der Waals surface area contributed by atoms with E-state index in [0.717, 1.165) is 16.5 Å². The fraction of sp³-hybridized carbons (Fsp3) is 0.0667. The summed E-state index contributed by atoms with van der Waals surface area (Å²) in [7, 11) is 1.33. The lowest BCUT2D eigenvalue weighted by atomic mass is 10.0. The molecule has 1 aromatic heterocycles. The molecule has 0 bridgehead atoms. The minimum Gasteiger partial charge on any atom is -0.465 e. The van der Waals surface area contributed by atoms with Crippen LogP contribution in [0.25, 0.3) is 10.9 Å². The van der Waals surface area contributed by atoms with Crippen molar-refractivity contribution in [2.75, 3.05) is 12.4 Å². The number of nitrogens with zero attached hydrogens (tertiary/aromatic N) is 1. The molecule has 0 radical (unpaired) electrons. The number of hydrogen-bond acceptors (Lipinski definition) is 4. The summed E-state index contributed by atoms with van der Waals surface area (Å²) < 4.78 is 7.03. The minimum atomic E-state index is -0.505. The van der Waals surface area contributed by atoms with E-state index in [4.69, 9.17) is 16.3 Å². The van der Waals surface area contributed by atoms with Crippen LogP contribution in [0.3, 0.4) is 0 Å². The molecule has 6 heteroatoms. The van der Waals surface area contributed by atoms with Gasteiger partial charge in [-0.15, -0.1) is 0 Å². The van der Waals surface area contributed by atoms with Crippen LogP contribution in [0.5, 0.6) is 0 Å². The van der Waals surface area contributed by atoms with Crippen LogP contribution in [-0.2, 0) is 11.3 Å². The Balaban J connectivity index is 1.67. The maximum absolute atomic E-state index is 13.7. The standard InChI is InChI=1S/C30H23ClN2O3/c1-36-30(35)23-17-22(31)15-16-25(23)32-26-13-8-14-27-28(26)24(29(34)21-11-6-3-7-12-21)19-33(27)18-20-9-4-2-5-10-20/h2-17,19,32H,18H2,1H3. The van der Waals surface area contributed by atoms with Gasteiger partial charge in [0.05, 0.1) is 29.4 Å². The first-order valence-electron chi connectivity index (χ1n) is 11.5. The number of methoxy groups -OCH3 is 1. The van der Waals surface area contributed by atoms with Crippen LogP contribution >= 0.6 is 11.6 Å². The molecule has 0 aliphatic rings. The first kappa shape index (κ1) is 23.4. The Morgan fingerprint density at radius 2 is 1.56 bits per heavy atom. The van der Waals surface area contributed by atoms with Crippen molar-refractivity contribution in [3.8, 4) is 0 Å². The normalized spacial score (nSPS) is 10.8. The van der Waals surface area contributed by atoms with Gasteiger partial charge < -0.3 is 14.6 Å². The maximum atomic E-state index is 13.7. The van der Waals surface area contributed by atoms with Gasteiger partial charge in [0.2, 0.25) is 0 Å². The van der Waals surface area contributed by atoms with E-state index in [1.807, 2.05) is 72.9 Å². The van der Waals surface area contributed by atoms with Gasteiger partial charge in [0, 0.05) is 34.4 Å². The second kappa shape index (κ2) is 10.1. The molecule has 0 aliphatic heterocycles. The lowest BCUT2D eigenvalue weighted by molar-refractivity contribution is 0.0601. The first-order valence-corrected chi connectivity index (χ1v) is 11.8. The number of hydrogen-bond donors (Lipinski definition) is 1. The number of carbonyl (C=O) groups excluding carboxylic acids is 2. The predicted octanol–water partition coefficient (Wildman–Crippen LogP) is 7.10. The smallest absolute Gasteiger partial charge is 0.340 e. The van der Waals surface area contributed by atoms with E-state index in [1.54, 1.807) is 18.2 Å². The molecular weight excluding hydrogens is 472 g/mol. The van der Waals surface area contributed by atoms with Crippen LogP contribution in [0.1, 0.15) is 31.8 Å². The van der Waals surface area contributed by atoms with Crippen molar-refractivity contribution in [2.24, 2.45) is 0 Å². The van der Waals surface area contributed by atoms with Crippen molar-refractivity contribution in [3.63, 3.8) is 0 Å². The number of benzene rings is 4. The number of nitrogens with one attached hydrogen (secondary N) is 1. The summed E-state index contributed by atoms with van der Waals surface area (Å²) in [5, 5.41) is 4.55. The molecule has 0 aliphatic carbocycles. The van der Waals surface area contributed by atoms with Gasteiger partial charge >= 0.3 is 5.97 Å². The lowest BCUT2D eigenvalue weighted by Gasteiger charge is -2.13. The zero-order valence-electron chi connectivity index (χ0n) is 19.6. The molecule has 0 unspecified atom stereocenters. The molecule has 5 aromatic rings. The molecule has 1 N–H and O–H groups in total. The molecule has 5 nitrogen and oxygen atoms in total. The van der Waals surface area contributed by atoms with Crippen molar-refractivity contribution in [2.45, 2.75) is 6.54 Å². The van der Waals surface area contributed by atoms with Gasteiger partial charge in [-0.2, -0.15) is 0 Å². The highest BCUT2D eigenvalue weighted by molar-refractivity contribution is 6.31. The summed E-state index contributed by atoms with van der Waals surface area (Å²) >= 11 is 6.15. The summed E-state index contributed by atoms with van der Waals surface area (Å²) in [6.45, 7) is 0.608. The second-order valence-corrected chi connectivity index (χ2v) is 8.79. The average Bonchev–Trinajstić information content (AvgIpc) is 3.29. The highest BCUT2D eigenvalue weighted by Crippen LogP contribution is 2.34. The molecule has 178 valence electrons. The fourth-order valence-corrected chi connectivity index (χ4v) is 4.51. The number of esters is 1. The van der Waals surface area contributed by atoms with E-state index >= 15 is 0 Å². The van der Waals surface area contributed by atoms with Crippen molar-refractivity contribution >= 4 is 45.6 Å². The predicted molar refractivity (Wildman–Crippen MR) is 143 cm³/mol. The molecule has 1 heterocycles. The molecule has 5 rings (SSSR count). The van der Waals surface area contributed by atoms with Gasteiger partial charge in [-0.05, 0) is 35.9 Å². The lowest BCUT2D eigenvalue weighted by Crippen LogP contribution is -2.06. The van der Waals surface area contributed by atoms with Gasteiger partial charge in [-0.1, -0.05) is 78.3 Å². The molecule has 0 amide bonds. The van der Waals surface area contributed by atoms with Crippen LogP contribution in [0.2, 0.25) is 5.02 Å². The summed E-state index contributed by atoms with van der Waals surface area (Å²) in [5.74, 6) is -0.583. The Morgan fingerprint density at radius 1 is 0.833 bits per heavy atom. The largest absolute Gasteiger partial charge is 0.465 e. The highest BCUT2D eigenvalue weighted by Gasteiger charge is 2.21. The Bertz CT molecular complexity index is 1560. The summed E-state index contributed by atoms with van der Waals surface area (Å²) in [6.07, 6.45) is 1.90. The van der Waals surface area contributed by atoms with Gasteiger partial charge in [0.1, 0.15) is 0 Å². The number of aromatic nitrogens is 1. The highest BCUT2D eigenvalue weighted by atomic mass is 35.5. The Labute approximate surface area is 213 Å². The number of rotatable bonds is 7. The number of anilines is 2. The fourth-order valence-electron chi connectivity index (χ4n) is 4.33. The molecule has 36 heavy (non-hydrogen) atoms. The van der Waals surface area contributed by atoms with E-state index in [9.17, 15) is 9.59 Å².